The molecule has 0 bridgehead atoms. The van der Waals surface area contributed by atoms with E-state index in [0.717, 1.165) is 5.69 Å². The first-order valence-electron chi connectivity index (χ1n) is 22.8. The van der Waals surface area contributed by atoms with Gasteiger partial charge in [0, 0.05) is 28.6 Å². The lowest BCUT2D eigenvalue weighted by atomic mass is 9.74. The van der Waals surface area contributed by atoms with Gasteiger partial charge in [-0.25, -0.2) is 0 Å². The smallest absolute Gasteiger partial charge is 0.105 e. The summed E-state index contributed by atoms with van der Waals surface area (Å²) in [5, 5.41) is 13.1. The van der Waals surface area contributed by atoms with Gasteiger partial charge in [0.15, 0.2) is 0 Å². The van der Waals surface area contributed by atoms with E-state index in [2.05, 4.69) is 252 Å². The molecule has 3 nitrogen and oxygen atoms in total. The van der Waals surface area contributed by atoms with Crippen LogP contribution in [0.2, 0.25) is 0 Å². The summed E-state index contributed by atoms with van der Waals surface area (Å²) in [7, 11) is 0. The predicted molar refractivity (Wildman–Crippen MR) is 271 cm³/mol. The zero-order chi connectivity index (χ0) is 42.8. The van der Waals surface area contributed by atoms with Crippen molar-refractivity contribution >= 4 is 38.6 Å². The van der Waals surface area contributed by atoms with Crippen LogP contribution in [0.5, 0.6) is 0 Å². The first-order valence-corrected chi connectivity index (χ1v) is 22.8. The highest BCUT2D eigenvalue weighted by Crippen LogP contribution is 2.59. The second-order valence-electron chi connectivity index (χ2n) is 17.7. The van der Waals surface area contributed by atoms with Gasteiger partial charge < -0.3 is 10.2 Å². The van der Waals surface area contributed by atoms with E-state index in [4.69, 9.17) is 0 Å². The minimum absolute atomic E-state index is 0.00715. The van der Waals surface area contributed by atoms with E-state index in [1.54, 1.807) is 0 Å². The van der Waals surface area contributed by atoms with E-state index in [1.807, 2.05) is 0 Å². The maximum absolute atomic E-state index is 4.09. The van der Waals surface area contributed by atoms with Crippen LogP contribution in [0.1, 0.15) is 40.4 Å². The van der Waals surface area contributed by atoms with Gasteiger partial charge in [0.2, 0.25) is 0 Å². The lowest BCUT2D eigenvalue weighted by molar-refractivity contribution is 0.508. The molecule has 4 aliphatic rings. The van der Waals surface area contributed by atoms with Crippen molar-refractivity contribution < 1.29 is 0 Å². The third-order valence-electron chi connectivity index (χ3n) is 14.1. The third kappa shape index (κ3) is 6.23. The molecule has 0 amide bonds. The molecule has 0 saturated carbocycles. The highest BCUT2D eigenvalue weighted by Gasteiger charge is 2.43. The fourth-order valence-corrected chi connectivity index (χ4v) is 11.1. The quantitative estimate of drug-likeness (QED) is 0.175. The summed E-state index contributed by atoms with van der Waals surface area (Å²) in [6.45, 7) is 0. The molecule has 0 aromatic heterocycles. The van der Waals surface area contributed by atoms with Crippen LogP contribution in [-0.4, -0.2) is 0 Å². The second-order valence-corrected chi connectivity index (χ2v) is 17.7. The molecule has 4 atom stereocenters. The van der Waals surface area contributed by atoms with Crippen molar-refractivity contribution in [3.05, 3.63) is 270 Å². The highest BCUT2D eigenvalue weighted by molar-refractivity contribution is 6.08. The highest BCUT2D eigenvalue weighted by atomic mass is 15.2. The molecule has 308 valence electrons. The first-order chi connectivity index (χ1) is 32.2. The molecule has 2 heterocycles. The molecule has 0 radical (unpaired) electrons. The van der Waals surface area contributed by atoms with Gasteiger partial charge in [-0.15, -0.1) is 0 Å². The topological polar surface area (TPSA) is 27.3 Å². The van der Waals surface area contributed by atoms with Gasteiger partial charge in [0.1, 0.15) is 6.17 Å². The van der Waals surface area contributed by atoms with Crippen molar-refractivity contribution in [2.75, 3.05) is 10.2 Å². The van der Waals surface area contributed by atoms with E-state index in [1.165, 1.54) is 99.8 Å². The van der Waals surface area contributed by atoms with Gasteiger partial charge >= 0.3 is 0 Å². The number of nitrogens with one attached hydrogen (secondary N) is 2. The molecule has 0 fully saturated rings. The Bertz CT molecular complexity index is 3430. The molecule has 3 heteroatoms. The van der Waals surface area contributed by atoms with Crippen LogP contribution in [0.3, 0.4) is 0 Å². The van der Waals surface area contributed by atoms with Crippen molar-refractivity contribution in [3.63, 3.8) is 0 Å². The molecule has 9 aromatic rings. The molecule has 2 N–H and O–H groups in total. The molecule has 0 spiro atoms. The van der Waals surface area contributed by atoms with E-state index < -0.39 is 0 Å². The van der Waals surface area contributed by atoms with Crippen molar-refractivity contribution in [2.45, 2.75) is 18.1 Å². The number of anilines is 3. The average Bonchev–Trinajstić information content (AvgIpc) is 3.73. The number of hydrogen-bond acceptors (Lipinski definition) is 3. The van der Waals surface area contributed by atoms with Crippen molar-refractivity contribution in [1.82, 2.24) is 5.32 Å². The fourth-order valence-electron chi connectivity index (χ4n) is 11.1. The van der Waals surface area contributed by atoms with Gasteiger partial charge in [-0.1, -0.05) is 212 Å². The third-order valence-corrected chi connectivity index (χ3v) is 14.1. The number of hydrogen-bond donors (Lipinski definition) is 2. The van der Waals surface area contributed by atoms with Gasteiger partial charge in [0.05, 0.1) is 17.4 Å². The van der Waals surface area contributed by atoms with Crippen LogP contribution in [0.15, 0.2) is 248 Å². The zero-order valence-corrected chi connectivity index (χ0v) is 35.8. The van der Waals surface area contributed by atoms with E-state index in [-0.39, 0.29) is 24.0 Å². The normalized spacial score (nSPS) is 19.2. The van der Waals surface area contributed by atoms with Crippen LogP contribution in [0.4, 0.5) is 17.1 Å². The summed E-state index contributed by atoms with van der Waals surface area (Å²) in [6.07, 6.45) is 13.7. The molecule has 13 rings (SSSR count). The number of allylic oxidation sites excluding steroid dienone is 8. The molecule has 2 aliphatic carbocycles. The molecule has 0 saturated heterocycles. The lowest BCUT2D eigenvalue weighted by Crippen LogP contribution is -2.37. The van der Waals surface area contributed by atoms with Gasteiger partial charge in [-0.05, 0) is 102 Å². The predicted octanol–water partition coefficient (Wildman–Crippen LogP) is 15.6. The minimum atomic E-state index is -0.134. The van der Waals surface area contributed by atoms with Crippen LogP contribution in [0.25, 0.3) is 54.9 Å². The molecular formula is C62H45N3. The number of benzene rings is 9. The monoisotopic (exact) mass is 831 g/mol. The van der Waals surface area contributed by atoms with Crippen LogP contribution in [-0.2, 0) is 0 Å². The van der Waals surface area contributed by atoms with Gasteiger partial charge in [-0.3, -0.25) is 5.32 Å². The molecule has 2 aliphatic heterocycles. The van der Waals surface area contributed by atoms with Gasteiger partial charge in [0.25, 0.3) is 0 Å². The molecular weight excluding hydrogens is 787 g/mol. The standard InChI is InChI=1S/C62H45N3/c1-3-15-40(16-4-1)41-29-31-42(32-30-41)43-33-35-46(36-34-43)61-53-23-11-12-27-55(53)63-62(64-61)52-26-13-25-50-48(52)24-14-28-56(50)65-57-38-37-45-19-7-8-20-47(45)59(57)60-51-22-10-9-21-49(51)54(39-58(60)65)44-17-5-2-6-18-44/h1-39,47,59,61-64H. The zero-order valence-electron chi connectivity index (χ0n) is 35.8. The second kappa shape index (κ2) is 15.4. The van der Waals surface area contributed by atoms with Gasteiger partial charge in [-0.2, -0.15) is 0 Å². The number of nitrogens with zero attached hydrogens (tertiary/aromatic N) is 1. The van der Waals surface area contributed by atoms with Crippen LogP contribution in [0, 0.1) is 5.92 Å². The number of rotatable bonds is 6. The fraction of sp³-hybridized carbons (Fsp3) is 0.0645. The first kappa shape index (κ1) is 37.6. The summed E-state index contributed by atoms with van der Waals surface area (Å²) < 4.78 is 0. The average molecular weight is 832 g/mol. The Morgan fingerprint density at radius 2 is 1.06 bits per heavy atom. The molecule has 4 unspecified atom stereocenters. The summed E-state index contributed by atoms with van der Waals surface area (Å²) in [4.78, 5) is 2.58. The maximum Gasteiger partial charge on any atom is 0.105 e. The molecule has 9 aromatic carbocycles. The summed E-state index contributed by atoms with van der Waals surface area (Å²) in [6, 6.07) is 73.5. The van der Waals surface area contributed by atoms with Crippen molar-refractivity contribution in [1.29, 1.82) is 0 Å². The summed E-state index contributed by atoms with van der Waals surface area (Å²) >= 11 is 0. The number of para-hydroxylation sites is 1. The van der Waals surface area contributed by atoms with E-state index in [0.29, 0.717) is 0 Å². The van der Waals surface area contributed by atoms with Crippen molar-refractivity contribution in [3.8, 4) is 33.4 Å². The molecule has 65 heavy (non-hydrogen) atoms. The van der Waals surface area contributed by atoms with Crippen molar-refractivity contribution in [2.24, 2.45) is 5.92 Å². The Morgan fingerprint density at radius 1 is 0.446 bits per heavy atom. The van der Waals surface area contributed by atoms with Crippen LogP contribution < -0.4 is 15.5 Å². The Morgan fingerprint density at radius 3 is 1.85 bits per heavy atom. The van der Waals surface area contributed by atoms with Crippen LogP contribution >= 0.6 is 0 Å². The maximum atomic E-state index is 4.09. The summed E-state index contributed by atoms with van der Waals surface area (Å²) in [5.41, 5.74) is 18.7. The largest absolute Gasteiger partial charge is 0.366 e. The lowest BCUT2D eigenvalue weighted by Gasteiger charge is -2.36. The SMILES string of the molecule is C1=CC2=CC=C3C(c4c(cc(-c5ccccc5)c5ccccc45)N3c3cccc4c(C5Nc6ccccc6C(c6ccc(-c7ccc(-c8ccccc8)cc7)cc6)N5)cccc34)C2C=C1. The Kier molecular flexibility index (Phi) is 8.89. The summed E-state index contributed by atoms with van der Waals surface area (Å²) in [5.74, 6) is 0.431. The Hall–Kier alpha value is -7.98. The van der Waals surface area contributed by atoms with E-state index in [9.17, 15) is 0 Å². The Labute approximate surface area is 380 Å². The van der Waals surface area contributed by atoms with E-state index >= 15 is 0 Å². The Balaban J connectivity index is 0.905. The minimum Gasteiger partial charge on any atom is -0.366 e. The number of fused-ring (bicyclic) bond motifs is 9.